The first-order valence-electron chi connectivity index (χ1n) is 7.07. The van der Waals surface area contributed by atoms with Gasteiger partial charge in [-0.3, -0.25) is 0 Å². The van der Waals surface area contributed by atoms with E-state index in [0.29, 0.717) is 29.6 Å². The van der Waals surface area contributed by atoms with Gasteiger partial charge >= 0.3 is 12.0 Å². The van der Waals surface area contributed by atoms with Crippen LogP contribution in [0.25, 0.3) is 0 Å². The normalized spacial score (nSPS) is 21.9. The number of carbonyl (C=O) groups is 2. The molecule has 2 N–H and O–H groups in total. The molecule has 114 valence electrons. The van der Waals surface area contributed by atoms with E-state index in [-0.39, 0.29) is 6.03 Å². The first kappa shape index (κ1) is 15.6. The SMILES string of the molecule is CCC1CCN(C(=O)Nc2cccc(Cl)c2)C(C(=O)O)C1. The molecular formula is C15H19ClN2O3. The van der Waals surface area contributed by atoms with Crippen molar-refractivity contribution < 1.29 is 14.7 Å². The van der Waals surface area contributed by atoms with Crippen molar-refractivity contribution in [1.82, 2.24) is 4.90 Å². The lowest BCUT2D eigenvalue weighted by atomic mass is 9.89. The number of hydrogen-bond acceptors (Lipinski definition) is 2. The van der Waals surface area contributed by atoms with E-state index in [9.17, 15) is 14.7 Å². The topological polar surface area (TPSA) is 69.6 Å². The van der Waals surface area contributed by atoms with Crippen LogP contribution in [0, 0.1) is 5.92 Å². The fraction of sp³-hybridized carbons (Fsp3) is 0.467. The number of likely N-dealkylation sites (tertiary alicyclic amines) is 1. The smallest absolute Gasteiger partial charge is 0.326 e. The summed E-state index contributed by atoms with van der Waals surface area (Å²) in [6.07, 6.45) is 2.28. The van der Waals surface area contributed by atoms with E-state index < -0.39 is 12.0 Å². The van der Waals surface area contributed by atoms with Gasteiger partial charge in [-0.05, 0) is 37.0 Å². The third kappa shape index (κ3) is 3.88. The standard InChI is InChI=1S/C15H19ClN2O3/c1-2-10-6-7-18(13(8-10)14(19)20)15(21)17-12-5-3-4-11(16)9-12/h3-5,9-10,13H,2,6-8H2,1H3,(H,17,21)(H,19,20). The van der Waals surface area contributed by atoms with Gasteiger partial charge in [-0.2, -0.15) is 0 Å². The average molecular weight is 311 g/mol. The van der Waals surface area contributed by atoms with Crippen LogP contribution in [0.1, 0.15) is 26.2 Å². The van der Waals surface area contributed by atoms with Crippen molar-refractivity contribution in [2.45, 2.75) is 32.2 Å². The van der Waals surface area contributed by atoms with Crippen LogP contribution >= 0.6 is 11.6 Å². The predicted octanol–water partition coefficient (Wildman–Crippen LogP) is 3.45. The Kier molecular flexibility index (Phi) is 5.07. The Labute approximate surface area is 128 Å². The summed E-state index contributed by atoms with van der Waals surface area (Å²) < 4.78 is 0. The third-order valence-corrected chi connectivity index (χ3v) is 4.15. The van der Waals surface area contributed by atoms with Gasteiger partial charge in [-0.25, -0.2) is 9.59 Å². The van der Waals surface area contributed by atoms with Gasteiger partial charge in [0.15, 0.2) is 0 Å². The van der Waals surface area contributed by atoms with E-state index in [2.05, 4.69) is 5.32 Å². The number of halogens is 1. The number of nitrogens with zero attached hydrogens (tertiary/aromatic N) is 1. The first-order valence-corrected chi connectivity index (χ1v) is 7.45. The zero-order valence-corrected chi connectivity index (χ0v) is 12.6. The quantitative estimate of drug-likeness (QED) is 0.898. The second-order valence-corrected chi connectivity index (χ2v) is 5.72. The molecule has 2 atom stereocenters. The summed E-state index contributed by atoms with van der Waals surface area (Å²) in [7, 11) is 0. The van der Waals surface area contributed by atoms with Crippen molar-refractivity contribution in [2.24, 2.45) is 5.92 Å². The molecule has 0 radical (unpaired) electrons. The van der Waals surface area contributed by atoms with Crippen molar-refractivity contribution in [3.05, 3.63) is 29.3 Å². The molecule has 1 aromatic carbocycles. The van der Waals surface area contributed by atoms with Gasteiger partial charge in [0.1, 0.15) is 6.04 Å². The van der Waals surface area contributed by atoms with E-state index in [1.54, 1.807) is 24.3 Å². The van der Waals surface area contributed by atoms with Gasteiger partial charge in [-0.15, -0.1) is 0 Å². The van der Waals surface area contributed by atoms with E-state index in [1.165, 1.54) is 4.90 Å². The molecule has 0 saturated carbocycles. The molecule has 0 bridgehead atoms. The fourth-order valence-corrected chi connectivity index (χ4v) is 2.84. The second-order valence-electron chi connectivity index (χ2n) is 5.29. The molecule has 6 heteroatoms. The molecule has 1 fully saturated rings. The van der Waals surface area contributed by atoms with Gasteiger partial charge < -0.3 is 15.3 Å². The average Bonchev–Trinajstić information content (AvgIpc) is 2.46. The Morgan fingerprint density at radius 2 is 2.24 bits per heavy atom. The molecule has 2 unspecified atom stereocenters. The number of rotatable bonds is 3. The summed E-state index contributed by atoms with van der Waals surface area (Å²) in [5.74, 6) is -0.587. The van der Waals surface area contributed by atoms with Crippen molar-refractivity contribution in [2.75, 3.05) is 11.9 Å². The van der Waals surface area contributed by atoms with Gasteiger partial charge in [0.25, 0.3) is 0 Å². The van der Waals surface area contributed by atoms with Crippen LogP contribution in [0.4, 0.5) is 10.5 Å². The van der Waals surface area contributed by atoms with Crippen LogP contribution in [-0.4, -0.2) is 34.6 Å². The second kappa shape index (κ2) is 6.80. The zero-order chi connectivity index (χ0) is 15.4. The number of nitrogens with one attached hydrogen (secondary N) is 1. The molecule has 0 aliphatic carbocycles. The van der Waals surface area contributed by atoms with Crippen LogP contribution in [0.2, 0.25) is 5.02 Å². The van der Waals surface area contributed by atoms with Crippen molar-refractivity contribution in [3.8, 4) is 0 Å². The Hall–Kier alpha value is -1.75. The van der Waals surface area contributed by atoms with Gasteiger partial charge in [-0.1, -0.05) is 31.0 Å². The highest BCUT2D eigenvalue weighted by Crippen LogP contribution is 2.26. The molecule has 2 rings (SSSR count). The molecule has 1 aliphatic heterocycles. The van der Waals surface area contributed by atoms with Crippen molar-refractivity contribution in [3.63, 3.8) is 0 Å². The van der Waals surface area contributed by atoms with E-state index in [0.717, 1.165) is 12.8 Å². The Morgan fingerprint density at radius 1 is 1.48 bits per heavy atom. The van der Waals surface area contributed by atoms with Crippen LogP contribution in [0.3, 0.4) is 0 Å². The highest BCUT2D eigenvalue weighted by atomic mass is 35.5. The summed E-state index contributed by atoms with van der Waals surface area (Å²) in [6, 6.07) is 5.65. The number of carboxylic acid groups (broad SMARTS) is 1. The van der Waals surface area contributed by atoms with Crippen LogP contribution in [0.5, 0.6) is 0 Å². The maximum atomic E-state index is 12.3. The maximum absolute atomic E-state index is 12.3. The van der Waals surface area contributed by atoms with E-state index in [1.807, 2.05) is 6.92 Å². The van der Waals surface area contributed by atoms with E-state index >= 15 is 0 Å². The minimum atomic E-state index is -0.950. The monoisotopic (exact) mass is 310 g/mol. The highest BCUT2D eigenvalue weighted by molar-refractivity contribution is 6.30. The molecule has 1 saturated heterocycles. The first-order chi connectivity index (χ1) is 10.0. The molecule has 21 heavy (non-hydrogen) atoms. The number of piperidine rings is 1. The third-order valence-electron chi connectivity index (χ3n) is 3.91. The number of carbonyl (C=O) groups excluding carboxylic acids is 1. The zero-order valence-electron chi connectivity index (χ0n) is 11.9. The molecule has 1 aliphatic rings. The maximum Gasteiger partial charge on any atom is 0.326 e. The number of carboxylic acids is 1. The highest BCUT2D eigenvalue weighted by Gasteiger charge is 2.35. The molecular weight excluding hydrogens is 292 g/mol. The lowest BCUT2D eigenvalue weighted by Crippen LogP contribution is -2.51. The number of urea groups is 1. The molecule has 0 aromatic heterocycles. The van der Waals surface area contributed by atoms with E-state index in [4.69, 9.17) is 11.6 Å². The summed E-state index contributed by atoms with van der Waals surface area (Å²) in [6.45, 7) is 2.51. The minimum Gasteiger partial charge on any atom is -0.480 e. The summed E-state index contributed by atoms with van der Waals surface area (Å²) in [5, 5.41) is 12.6. The number of hydrogen-bond donors (Lipinski definition) is 2. The number of anilines is 1. The largest absolute Gasteiger partial charge is 0.480 e. The van der Waals surface area contributed by atoms with Crippen molar-refractivity contribution >= 4 is 29.3 Å². The summed E-state index contributed by atoms with van der Waals surface area (Å²) >= 11 is 5.87. The molecule has 1 aromatic rings. The van der Waals surface area contributed by atoms with Gasteiger partial charge in [0.05, 0.1) is 0 Å². The lowest BCUT2D eigenvalue weighted by Gasteiger charge is -2.36. The number of aliphatic carboxylic acids is 1. The Bertz CT molecular complexity index is 535. The van der Waals surface area contributed by atoms with Crippen LogP contribution in [-0.2, 0) is 4.79 Å². The molecule has 5 nitrogen and oxygen atoms in total. The predicted molar refractivity (Wildman–Crippen MR) is 81.6 cm³/mol. The fourth-order valence-electron chi connectivity index (χ4n) is 2.65. The Balaban J connectivity index is 2.08. The van der Waals surface area contributed by atoms with Gasteiger partial charge in [0, 0.05) is 17.3 Å². The molecule has 0 spiro atoms. The van der Waals surface area contributed by atoms with Crippen LogP contribution in [0.15, 0.2) is 24.3 Å². The molecule has 2 amide bonds. The molecule has 1 heterocycles. The summed E-state index contributed by atoms with van der Waals surface area (Å²) in [4.78, 5) is 25.1. The number of amides is 2. The lowest BCUT2D eigenvalue weighted by molar-refractivity contribution is -0.143. The van der Waals surface area contributed by atoms with Gasteiger partial charge in [0.2, 0.25) is 0 Å². The minimum absolute atomic E-state index is 0.362. The summed E-state index contributed by atoms with van der Waals surface area (Å²) in [5.41, 5.74) is 0.564. The number of benzene rings is 1. The van der Waals surface area contributed by atoms with Crippen LogP contribution < -0.4 is 5.32 Å². The van der Waals surface area contributed by atoms with Crippen molar-refractivity contribution in [1.29, 1.82) is 0 Å². The Morgan fingerprint density at radius 3 is 2.86 bits per heavy atom.